The van der Waals surface area contributed by atoms with Gasteiger partial charge in [-0.2, -0.15) is 0 Å². The van der Waals surface area contributed by atoms with Gasteiger partial charge in [-0.15, -0.1) is 0 Å². The summed E-state index contributed by atoms with van der Waals surface area (Å²) in [4.78, 5) is 10.2. The van der Waals surface area contributed by atoms with E-state index in [-0.39, 0.29) is 6.42 Å². The van der Waals surface area contributed by atoms with Crippen LogP contribution in [0.4, 0.5) is 0 Å². The number of carboxylic acids is 1. The highest BCUT2D eigenvalue weighted by atomic mass is 16.5. The Morgan fingerprint density at radius 3 is 2.60 bits per heavy atom. The van der Waals surface area contributed by atoms with Crippen molar-refractivity contribution in [2.24, 2.45) is 0 Å². The Morgan fingerprint density at radius 2 is 1.93 bits per heavy atom. The fraction of sp³-hybridized carbons (Fsp3) is 0.909. The molecule has 0 amide bonds. The molecule has 15 heavy (non-hydrogen) atoms. The van der Waals surface area contributed by atoms with Crippen LogP contribution >= 0.6 is 0 Å². The summed E-state index contributed by atoms with van der Waals surface area (Å²) in [6.45, 7) is 5.62. The highest BCUT2D eigenvalue weighted by Crippen LogP contribution is 1.93. The number of carboxylic acid groups (broad SMARTS) is 1. The van der Waals surface area contributed by atoms with Crippen LogP contribution in [0, 0.1) is 0 Å². The molecule has 0 atom stereocenters. The summed E-state index contributed by atoms with van der Waals surface area (Å²) in [5.41, 5.74) is 0. The first-order chi connectivity index (χ1) is 7.27. The van der Waals surface area contributed by atoms with Crippen molar-refractivity contribution in [2.75, 3.05) is 26.3 Å². The van der Waals surface area contributed by atoms with Crippen molar-refractivity contribution in [1.82, 2.24) is 5.32 Å². The third-order valence-electron chi connectivity index (χ3n) is 1.98. The largest absolute Gasteiger partial charge is 0.481 e. The molecule has 0 aliphatic rings. The molecule has 0 saturated heterocycles. The van der Waals surface area contributed by atoms with E-state index in [0.29, 0.717) is 0 Å². The quantitative estimate of drug-likeness (QED) is 0.517. The van der Waals surface area contributed by atoms with E-state index in [4.69, 9.17) is 9.84 Å². The number of nitrogens with one attached hydrogen (secondary N) is 1. The van der Waals surface area contributed by atoms with Gasteiger partial charge in [0.25, 0.3) is 0 Å². The summed E-state index contributed by atoms with van der Waals surface area (Å²) in [6, 6.07) is 0. The Bertz CT molecular complexity index is 151. The molecule has 0 aromatic heterocycles. The van der Waals surface area contributed by atoms with Gasteiger partial charge in [0.15, 0.2) is 0 Å². The highest BCUT2D eigenvalue weighted by molar-refractivity contribution is 5.66. The maximum absolute atomic E-state index is 10.2. The molecule has 0 aliphatic carbocycles. The third kappa shape index (κ3) is 13.4. The topological polar surface area (TPSA) is 58.6 Å². The molecule has 0 aromatic carbocycles. The summed E-state index contributed by atoms with van der Waals surface area (Å²) in [7, 11) is 0. The Kier molecular flexibility index (Phi) is 11.0. The summed E-state index contributed by atoms with van der Waals surface area (Å²) < 4.78 is 5.32. The van der Waals surface area contributed by atoms with E-state index < -0.39 is 5.97 Å². The molecule has 0 aromatic rings. The first-order valence-corrected chi connectivity index (χ1v) is 5.77. The lowest BCUT2D eigenvalue weighted by Crippen LogP contribution is -2.18. The van der Waals surface area contributed by atoms with Crippen LogP contribution in [0.2, 0.25) is 0 Å². The van der Waals surface area contributed by atoms with Crippen molar-refractivity contribution in [3.8, 4) is 0 Å². The highest BCUT2D eigenvalue weighted by Gasteiger charge is 1.95. The van der Waals surface area contributed by atoms with Crippen LogP contribution in [0.5, 0.6) is 0 Å². The van der Waals surface area contributed by atoms with Gasteiger partial charge in [-0.05, 0) is 38.8 Å². The van der Waals surface area contributed by atoms with E-state index in [2.05, 4.69) is 12.2 Å². The second-order valence-electron chi connectivity index (χ2n) is 3.57. The summed E-state index contributed by atoms with van der Waals surface area (Å²) in [6.07, 6.45) is 4.07. The second kappa shape index (κ2) is 11.5. The number of carbonyl (C=O) groups is 1. The molecule has 0 bridgehead atoms. The molecule has 2 N–H and O–H groups in total. The van der Waals surface area contributed by atoms with Crippen LogP contribution in [-0.2, 0) is 9.53 Å². The van der Waals surface area contributed by atoms with Crippen molar-refractivity contribution in [3.05, 3.63) is 0 Å². The van der Waals surface area contributed by atoms with Crippen LogP contribution in [-0.4, -0.2) is 37.4 Å². The lowest BCUT2D eigenvalue weighted by molar-refractivity contribution is -0.137. The van der Waals surface area contributed by atoms with E-state index in [0.717, 1.165) is 52.0 Å². The van der Waals surface area contributed by atoms with Crippen molar-refractivity contribution in [2.45, 2.75) is 39.0 Å². The van der Waals surface area contributed by atoms with Gasteiger partial charge in [0, 0.05) is 19.6 Å². The monoisotopic (exact) mass is 217 g/mol. The molecule has 0 rings (SSSR count). The van der Waals surface area contributed by atoms with Crippen molar-refractivity contribution >= 4 is 5.97 Å². The van der Waals surface area contributed by atoms with E-state index in [1.54, 1.807) is 0 Å². The number of hydrogen-bond donors (Lipinski definition) is 2. The molecular formula is C11H23NO3. The van der Waals surface area contributed by atoms with E-state index in [1.807, 2.05) is 0 Å². The second-order valence-corrected chi connectivity index (χ2v) is 3.57. The number of hydrogen-bond acceptors (Lipinski definition) is 3. The van der Waals surface area contributed by atoms with Crippen molar-refractivity contribution in [1.29, 1.82) is 0 Å². The minimum Gasteiger partial charge on any atom is -0.481 e. The molecule has 0 aliphatic heterocycles. The Hall–Kier alpha value is -0.610. The number of rotatable bonds is 11. The lowest BCUT2D eigenvalue weighted by atomic mass is 10.2. The van der Waals surface area contributed by atoms with Crippen molar-refractivity contribution in [3.63, 3.8) is 0 Å². The van der Waals surface area contributed by atoms with Gasteiger partial charge in [0.1, 0.15) is 0 Å². The molecule has 0 saturated carbocycles. The average molecular weight is 217 g/mol. The van der Waals surface area contributed by atoms with Crippen LogP contribution in [0.1, 0.15) is 39.0 Å². The Balaban J connectivity index is 2.89. The first-order valence-electron chi connectivity index (χ1n) is 5.77. The summed E-state index contributed by atoms with van der Waals surface area (Å²) >= 11 is 0. The van der Waals surface area contributed by atoms with E-state index >= 15 is 0 Å². The van der Waals surface area contributed by atoms with Gasteiger partial charge in [-0.3, -0.25) is 4.79 Å². The zero-order valence-corrected chi connectivity index (χ0v) is 9.63. The molecule has 0 spiro atoms. The maximum atomic E-state index is 10.2. The fourth-order valence-corrected chi connectivity index (χ4v) is 1.20. The number of ether oxygens (including phenoxy) is 1. The lowest BCUT2D eigenvalue weighted by Gasteiger charge is -2.04. The minimum absolute atomic E-state index is 0.279. The maximum Gasteiger partial charge on any atom is 0.303 e. The van der Waals surface area contributed by atoms with Gasteiger partial charge in [0.05, 0.1) is 0 Å². The first kappa shape index (κ1) is 14.4. The standard InChI is InChI=1S/C11H23NO3/c1-2-9-15-10-5-8-12-7-4-3-6-11(13)14/h12H,2-10H2,1H3,(H,13,14). The van der Waals surface area contributed by atoms with Gasteiger partial charge < -0.3 is 15.2 Å². The van der Waals surface area contributed by atoms with E-state index in [9.17, 15) is 4.79 Å². The molecule has 0 fully saturated rings. The SMILES string of the molecule is CCCOCCCNCCCCC(=O)O. The predicted molar refractivity (Wildman–Crippen MR) is 60.1 cm³/mol. The van der Waals surface area contributed by atoms with Crippen molar-refractivity contribution < 1.29 is 14.6 Å². The molecule has 4 heteroatoms. The fourth-order valence-electron chi connectivity index (χ4n) is 1.20. The molecule has 0 radical (unpaired) electrons. The minimum atomic E-state index is -0.706. The van der Waals surface area contributed by atoms with Gasteiger partial charge in [-0.25, -0.2) is 0 Å². The van der Waals surface area contributed by atoms with Gasteiger partial charge in [0.2, 0.25) is 0 Å². The van der Waals surface area contributed by atoms with Crippen LogP contribution in [0.15, 0.2) is 0 Å². The molecule has 0 unspecified atom stereocenters. The zero-order valence-electron chi connectivity index (χ0n) is 9.63. The van der Waals surface area contributed by atoms with Crippen LogP contribution < -0.4 is 5.32 Å². The van der Waals surface area contributed by atoms with Crippen LogP contribution in [0.25, 0.3) is 0 Å². The number of unbranched alkanes of at least 4 members (excludes halogenated alkanes) is 1. The summed E-state index contributed by atoms with van der Waals surface area (Å²) in [5, 5.41) is 11.7. The zero-order chi connectivity index (χ0) is 11.4. The average Bonchev–Trinajstić information content (AvgIpc) is 2.20. The van der Waals surface area contributed by atoms with Crippen LogP contribution in [0.3, 0.4) is 0 Å². The molecule has 90 valence electrons. The molecular weight excluding hydrogens is 194 g/mol. The Morgan fingerprint density at radius 1 is 1.20 bits per heavy atom. The Labute approximate surface area is 92.0 Å². The van der Waals surface area contributed by atoms with Gasteiger partial charge >= 0.3 is 5.97 Å². The molecule has 4 nitrogen and oxygen atoms in total. The smallest absolute Gasteiger partial charge is 0.303 e. The normalized spacial score (nSPS) is 10.5. The number of aliphatic carboxylic acids is 1. The third-order valence-corrected chi connectivity index (χ3v) is 1.98. The van der Waals surface area contributed by atoms with Gasteiger partial charge in [-0.1, -0.05) is 6.92 Å². The predicted octanol–water partition coefficient (Wildman–Crippen LogP) is 1.65. The van der Waals surface area contributed by atoms with E-state index in [1.165, 1.54) is 0 Å². The molecule has 0 heterocycles. The summed E-state index contributed by atoms with van der Waals surface area (Å²) in [5.74, 6) is -0.706.